The van der Waals surface area contributed by atoms with Crippen molar-refractivity contribution in [1.82, 2.24) is 10.9 Å². The topological polar surface area (TPSA) is 88.7 Å². The van der Waals surface area contributed by atoms with Gasteiger partial charge in [-0.25, -0.2) is 10.2 Å². The van der Waals surface area contributed by atoms with Gasteiger partial charge in [-0.05, 0) is 77.2 Å². The molecule has 0 aromatic heterocycles. The Morgan fingerprint density at radius 2 is 1.47 bits per heavy atom. The van der Waals surface area contributed by atoms with E-state index in [-0.39, 0.29) is 0 Å². The first-order valence-corrected chi connectivity index (χ1v) is 10.1. The summed E-state index contributed by atoms with van der Waals surface area (Å²) in [5.74, 6) is 1.02. The predicted octanol–water partition coefficient (Wildman–Crippen LogP) is 4.16. The number of carbonyl (C=O) groups is 2. The molecule has 0 aliphatic heterocycles. The Morgan fingerprint density at radius 3 is 2.12 bits per heavy atom. The van der Waals surface area contributed by atoms with Gasteiger partial charge in [0, 0.05) is 11.3 Å². The summed E-state index contributed by atoms with van der Waals surface area (Å²) in [5.41, 5.74) is 10.2. The first kappa shape index (κ1) is 21.0. The Labute approximate surface area is 186 Å². The van der Waals surface area contributed by atoms with Crippen molar-refractivity contribution in [2.24, 2.45) is 0 Å². The monoisotopic (exact) mass is 429 g/mol. The maximum atomic E-state index is 12.3. The minimum atomic E-state index is -0.542. The molecule has 3 N–H and O–H groups in total. The van der Waals surface area contributed by atoms with Gasteiger partial charge >= 0.3 is 6.03 Å². The van der Waals surface area contributed by atoms with Crippen molar-refractivity contribution in [2.45, 2.75) is 6.42 Å². The molecule has 0 radical (unpaired) electrons. The highest BCUT2D eigenvalue weighted by molar-refractivity contribution is 5.97. The zero-order valence-corrected chi connectivity index (χ0v) is 17.8. The number of amides is 3. The number of anilines is 1. The average molecular weight is 429 g/mol. The van der Waals surface area contributed by atoms with Crippen molar-refractivity contribution in [3.63, 3.8) is 0 Å². The van der Waals surface area contributed by atoms with Crippen LogP contribution < -0.4 is 25.6 Å². The molecule has 32 heavy (non-hydrogen) atoms. The van der Waals surface area contributed by atoms with Gasteiger partial charge in [0.15, 0.2) is 0 Å². The SMILES string of the molecule is COc1ccc(C(=O)NNC(=O)Nc2ccc3c(c2)C(c2ccc(OC)cc2)=CC3)cc1. The van der Waals surface area contributed by atoms with Crippen LogP contribution in [0.15, 0.2) is 72.8 Å². The van der Waals surface area contributed by atoms with Crippen molar-refractivity contribution in [1.29, 1.82) is 0 Å². The molecule has 0 atom stereocenters. The van der Waals surface area contributed by atoms with Gasteiger partial charge in [0.2, 0.25) is 0 Å². The van der Waals surface area contributed by atoms with Gasteiger partial charge in [0.05, 0.1) is 14.2 Å². The molecule has 4 rings (SSSR count). The second-order valence-corrected chi connectivity index (χ2v) is 7.18. The van der Waals surface area contributed by atoms with Crippen LogP contribution in [0.3, 0.4) is 0 Å². The molecule has 7 heteroatoms. The van der Waals surface area contributed by atoms with Crippen LogP contribution in [0.2, 0.25) is 0 Å². The predicted molar refractivity (Wildman–Crippen MR) is 123 cm³/mol. The Bertz CT molecular complexity index is 1170. The third kappa shape index (κ3) is 4.57. The van der Waals surface area contributed by atoms with E-state index >= 15 is 0 Å². The van der Waals surface area contributed by atoms with Crippen molar-refractivity contribution < 1.29 is 19.1 Å². The summed E-state index contributed by atoms with van der Waals surface area (Å²) in [6, 6.07) is 19.7. The summed E-state index contributed by atoms with van der Waals surface area (Å²) in [7, 11) is 3.19. The molecule has 0 saturated carbocycles. The largest absolute Gasteiger partial charge is 0.497 e. The van der Waals surface area contributed by atoms with Crippen LogP contribution in [0.5, 0.6) is 11.5 Å². The van der Waals surface area contributed by atoms with Crippen LogP contribution in [-0.4, -0.2) is 26.2 Å². The number of hydrogen-bond acceptors (Lipinski definition) is 4. The average Bonchev–Trinajstić information content (AvgIpc) is 3.26. The second kappa shape index (κ2) is 9.26. The maximum absolute atomic E-state index is 12.3. The molecule has 0 saturated heterocycles. The van der Waals surface area contributed by atoms with Gasteiger partial charge in [0.1, 0.15) is 11.5 Å². The lowest BCUT2D eigenvalue weighted by Crippen LogP contribution is -2.43. The number of nitrogens with one attached hydrogen (secondary N) is 3. The number of methoxy groups -OCH3 is 2. The van der Waals surface area contributed by atoms with E-state index in [0.29, 0.717) is 17.0 Å². The van der Waals surface area contributed by atoms with Crippen molar-refractivity contribution in [2.75, 3.05) is 19.5 Å². The number of benzene rings is 3. The molecule has 7 nitrogen and oxygen atoms in total. The maximum Gasteiger partial charge on any atom is 0.337 e. The van der Waals surface area contributed by atoms with Crippen LogP contribution in [0.1, 0.15) is 27.0 Å². The van der Waals surface area contributed by atoms with E-state index in [2.05, 4.69) is 22.2 Å². The fourth-order valence-electron chi connectivity index (χ4n) is 3.54. The van der Waals surface area contributed by atoms with E-state index < -0.39 is 11.9 Å². The zero-order valence-electron chi connectivity index (χ0n) is 17.8. The molecular weight excluding hydrogens is 406 g/mol. The Kier molecular flexibility index (Phi) is 6.07. The molecule has 0 heterocycles. The standard InChI is InChI=1S/C25H23N3O4/c1-31-20-10-4-16(5-11-20)22-14-8-17-3-9-19(15-23(17)22)26-25(30)28-27-24(29)18-6-12-21(32-2)13-7-18/h3-7,9-15H,8H2,1-2H3,(H,27,29)(H2,26,28,30). The van der Waals surface area contributed by atoms with Crippen molar-refractivity contribution in [3.05, 3.63) is 95.1 Å². The molecule has 0 unspecified atom stereocenters. The highest BCUT2D eigenvalue weighted by atomic mass is 16.5. The third-order valence-corrected chi connectivity index (χ3v) is 5.23. The van der Waals surface area contributed by atoms with Crippen molar-refractivity contribution in [3.8, 4) is 11.5 Å². The fourth-order valence-corrected chi connectivity index (χ4v) is 3.54. The van der Waals surface area contributed by atoms with Gasteiger partial charge in [-0.2, -0.15) is 0 Å². The molecule has 3 amide bonds. The summed E-state index contributed by atoms with van der Waals surface area (Å²) in [5, 5.41) is 2.75. The number of ether oxygens (including phenoxy) is 2. The molecule has 162 valence electrons. The molecule has 0 bridgehead atoms. The summed E-state index contributed by atoms with van der Waals surface area (Å²) in [6.45, 7) is 0. The fraction of sp³-hybridized carbons (Fsp3) is 0.120. The number of rotatable bonds is 5. The first-order chi connectivity index (χ1) is 15.6. The van der Waals surface area contributed by atoms with Crippen LogP contribution >= 0.6 is 0 Å². The van der Waals surface area contributed by atoms with Gasteiger partial charge in [0.25, 0.3) is 5.91 Å². The number of hydrazine groups is 1. The Hall–Kier alpha value is -4.26. The number of fused-ring (bicyclic) bond motifs is 1. The normalized spacial score (nSPS) is 11.8. The van der Waals surface area contributed by atoms with Crippen LogP contribution in [0.25, 0.3) is 5.57 Å². The number of carbonyl (C=O) groups excluding carboxylic acids is 2. The lowest BCUT2D eigenvalue weighted by atomic mass is 9.98. The summed E-state index contributed by atoms with van der Waals surface area (Å²) in [4.78, 5) is 24.5. The Morgan fingerprint density at radius 1 is 0.812 bits per heavy atom. The minimum absolute atomic E-state index is 0.401. The summed E-state index contributed by atoms with van der Waals surface area (Å²) >= 11 is 0. The van der Waals surface area contributed by atoms with E-state index in [1.807, 2.05) is 42.5 Å². The Balaban J connectivity index is 1.39. The zero-order chi connectivity index (χ0) is 22.5. The molecule has 3 aromatic rings. The van der Waals surface area contributed by atoms with E-state index in [1.165, 1.54) is 5.56 Å². The van der Waals surface area contributed by atoms with Gasteiger partial charge in [-0.1, -0.05) is 24.3 Å². The van der Waals surface area contributed by atoms with Gasteiger partial charge in [-0.15, -0.1) is 0 Å². The summed E-state index contributed by atoms with van der Waals surface area (Å²) in [6.07, 6.45) is 3.01. The highest BCUT2D eigenvalue weighted by Gasteiger charge is 2.17. The van der Waals surface area contributed by atoms with E-state index in [0.717, 1.165) is 28.9 Å². The van der Waals surface area contributed by atoms with Crippen molar-refractivity contribution >= 4 is 23.2 Å². The second-order valence-electron chi connectivity index (χ2n) is 7.18. The molecule has 1 aliphatic rings. The molecule has 1 aliphatic carbocycles. The van der Waals surface area contributed by atoms with Gasteiger partial charge in [-0.3, -0.25) is 10.2 Å². The molecule has 3 aromatic carbocycles. The van der Waals surface area contributed by atoms with Gasteiger partial charge < -0.3 is 14.8 Å². The lowest BCUT2D eigenvalue weighted by molar-refractivity contribution is 0.0938. The van der Waals surface area contributed by atoms with Crippen LogP contribution in [0, 0.1) is 0 Å². The number of hydrogen-bond donors (Lipinski definition) is 3. The van der Waals surface area contributed by atoms with Crippen LogP contribution in [0.4, 0.5) is 10.5 Å². The van der Waals surface area contributed by atoms with E-state index in [4.69, 9.17) is 9.47 Å². The number of allylic oxidation sites excluding steroid dienone is 1. The molecular formula is C25H23N3O4. The lowest BCUT2D eigenvalue weighted by Gasteiger charge is -2.12. The third-order valence-electron chi connectivity index (χ3n) is 5.23. The smallest absolute Gasteiger partial charge is 0.337 e. The minimum Gasteiger partial charge on any atom is -0.497 e. The molecule has 0 fully saturated rings. The summed E-state index contributed by atoms with van der Waals surface area (Å²) < 4.78 is 10.3. The van der Waals surface area contributed by atoms with E-state index in [1.54, 1.807) is 38.5 Å². The number of urea groups is 1. The molecule has 0 spiro atoms. The first-order valence-electron chi connectivity index (χ1n) is 10.1. The highest BCUT2D eigenvalue weighted by Crippen LogP contribution is 2.35. The quantitative estimate of drug-likeness (QED) is 0.532. The van der Waals surface area contributed by atoms with Crippen LogP contribution in [-0.2, 0) is 6.42 Å². The van der Waals surface area contributed by atoms with E-state index in [9.17, 15) is 9.59 Å².